The van der Waals surface area contributed by atoms with Gasteiger partial charge in [0, 0.05) is 56.6 Å². The van der Waals surface area contributed by atoms with Gasteiger partial charge in [0.25, 0.3) is 11.6 Å². The summed E-state index contributed by atoms with van der Waals surface area (Å²) < 4.78 is 0. The van der Waals surface area contributed by atoms with Crippen LogP contribution in [0.1, 0.15) is 13.3 Å². The minimum Gasteiger partial charge on any atom is -0.369 e. The van der Waals surface area contributed by atoms with Crippen LogP contribution in [0.5, 0.6) is 0 Å². The third kappa shape index (κ3) is 4.30. The van der Waals surface area contributed by atoms with Crippen LogP contribution in [0.25, 0.3) is 0 Å². The number of imide groups is 1. The predicted octanol–water partition coefficient (Wildman–Crippen LogP) is 2.01. The summed E-state index contributed by atoms with van der Waals surface area (Å²) in [4.78, 5) is 52.6. The molecule has 2 aromatic rings. The molecule has 0 unspecified atom stereocenters. The molecule has 0 bridgehead atoms. The molecule has 2 aliphatic rings. The number of nitro benzene ring substituents is 1. The molecule has 1 atom stereocenters. The predicted molar refractivity (Wildman–Crippen MR) is 119 cm³/mol. The molecule has 166 valence electrons. The quantitative estimate of drug-likeness (QED) is 0.432. The fraction of sp³-hybridized carbons (Fsp3) is 0.318. The summed E-state index contributed by atoms with van der Waals surface area (Å²) in [5.41, 5.74) is 2.03. The number of hydrogen-bond acceptors (Lipinski definition) is 7. The van der Waals surface area contributed by atoms with Crippen LogP contribution in [0.15, 0.2) is 48.5 Å². The second-order valence-corrected chi connectivity index (χ2v) is 7.81. The molecule has 4 rings (SSSR count). The maximum absolute atomic E-state index is 13.0. The smallest absolute Gasteiger partial charge is 0.269 e. The summed E-state index contributed by atoms with van der Waals surface area (Å²) in [7, 11) is 0. The number of nitro groups is 1. The van der Waals surface area contributed by atoms with E-state index in [2.05, 4.69) is 10.2 Å². The first-order valence-electron chi connectivity index (χ1n) is 10.3. The molecule has 32 heavy (non-hydrogen) atoms. The van der Waals surface area contributed by atoms with E-state index in [1.807, 2.05) is 4.90 Å². The zero-order chi connectivity index (χ0) is 22.8. The summed E-state index contributed by atoms with van der Waals surface area (Å²) in [6.07, 6.45) is 0.129. The Kier molecular flexibility index (Phi) is 5.87. The molecule has 10 heteroatoms. The highest BCUT2D eigenvalue weighted by atomic mass is 16.6. The lowest BCUT2D eigenvalue weighted by Crippen LogP contribution is -2.52. The molecular formula is C22H23N5O5. The van der Waals surface area contributed by atoms with Crippen LogP contribution in [0.2, 0.25) is 0 Å². The topological polar surface area (TPSA) is 116 Å². The molecule has 0 saturated carbocycles. The number of amides is 3. The van der Waals surface area contributed by atoms with E-state index >= 15 is 0 Å². The largest absolute Gasteiger partial charge is 0.369 e. The molecule has 0 radical (unpaired) electrons. The van der Waals surface area contributed by atoms with Gasteiger partial charge < -0.3 is 10.2 Å². The fourth-order valence-electron chi connectivity index (χ4n) is 4.15. The van der Waals surface area contributed by atoms with Gasteiger partial charge in [-0.3, -0.25) is 29.4 Å². The lowest BCUT2D eigenvalue weighted by atomic mass is 10.1. The zero-order valence-corrected chi connectivity index (χ0v) is 17.6. The second kappa shape index (κ2) is 8.75. The van der Waals surface area contributed by atoms with Gasteiger partial charge in [0.15, 0.2) is 0 Å². The number of non-ortho nitro benzene ring substituents is 1. The van der Waals surface area contributed by atoms with Crippen molar-refractivity contribution in [1.29, 1.82) is 0 Å². The first-order valence-corrected chi connectivity index (χ1v) is 10.3. The molecule has 10 nitrogen and oxygen atoms in total. The van der Waals surface area contributed by atoms with Crippen molar-refractivity contribution in [1.82, 2.24) is 4.90 Å². The van der Waals surface area contributed by atoms with Gasteiger partial charge in [0.2, 0.25) is 11.8 Å². The number of piperazine rings is 1. The van der Waals surface area contributed by atoms with Crippen molar-refractivity contribution >= 4 is 40.5 Å². The van der Waals surface area contributed by atoms with E-state index in [-0.39, 0.29) is 29.8 Å². The van der Waals surface area contributed by atoms with E-state index in [0.29, 0.717) is 37.6 Å². The maximum atomic E-state index is 13.0. The van der Waals surface area contributed by atoms with Crippen LogP contribution in [0.3, 0.4) is 0 Å². The van der Waals surface area contributed by atoms with Crippen LogP contribution in [0.4, 0.5) is 22.7 Å². The Morgan fingerprint density at radius 2 is 1.56 bits per heavy atom. The first-order chi connectivity index (χ1) is 15.3. The Balaban J connectivity index is 1.39. The van der Waals surface area contributed by atoms with Crippen LogP contribution >= 0.6 is 0 Å². The standard InChI is InChI=1S/C22H23N5O5/c1-15(28)23-16-2-4-18(5-3-16)26-21(29)14-20(22(26)30)25-12-10-24(11-13-25)17-6-8-19(9-7-17)27(31)32/h2-9,20H,10-14H2,1H3,(H,23,28)/t20-/m0/s1. The molecule has 1 N–H and O–H groups in total. The average Bonchev–Trinajstić information content (AvgIpc) is 3.08. The van der Waals surface area contributed by atoms with Crippen molar-refractivity contribution in [3.63, 3.8) is 0 Å². The van der Waals surface area contributed by atoms with Gasteiger partial charge >= 0.3 is 0 Å². The normalized spacial score (nSPS) is 19.3. The van der Waals surface area contributed by atoms with Gasteiger partial charge in [0.1, 0.15) is 0 Å². The number of benzene rings is 2. The number of rotatable bonds is 5. The van der Waals surface area contributed by atoms with E-state index < -0.39 is 11.0 Å². The van der Waals surface area contributed by atoms with E-state index in [1.165, 1.54) is 24.0 Å². The molecule has 2 aromatic carbocycles. The monoisotopic (exact) mass is 437 g/mol. The zero-order valence-electron chi connectivity index (χ0n) is 17.6. The van der Waals surface area contributed by atoms with Gasteiger partial charge in [-0.1, -0.05) is 0 Å². The summed E-state index contributed by atoms with van der Waals surface area (Å²) in [5, 5.41) is 13.5. The van der Waals surface area contributed by atoms with Gasteiger partial charge in [0.05, 0.1) is 23.1 Å². The molecule has 3 amide bonds. The van der Waals surface area contributed by atoms with Crippen molar-refractivity contribution in [2.45, 2.75) is 19.4 Å². The van der Waals surface area contributed by atoms with Crippen LogP contribution in [-0.4, -0.2) is 59.8 Å². The molecule has 0 aromatic heterocycles. The van der Waals surface area contributed by atoms with Crippen molar-refractivity contribution in [3.8, 4) is 0 Å². The van der Waals surface area contributed by atoms with Gasteiger partial charge in [-0.2, -0.15) is 0 Å². The highest BCUT2D eigenvalue weighted by molar-refractivity contribution is 6.22. The summed E-state index contributed by atoms with van der Waals surface area (Å²) in [6.45, 7) is 3.93. The Morgan fingerprint density at radius 3 is 2.12 bits per heavy atom. The highest BCUT2D eigenvalue weighted by Gasteiger charge is 2.43. The number of nitrogens with one attached hydrogen (secondary N) is 1. The van der Waals surface area contributed by atoms with Gasteiger partial charge in [-0.05, 0) is 36.4 Å². The van der Waals surface area contributed by atoms with Crippen molar-refractivity contribution in [2.75, 3.05) is 41.3 Å². The van der Waals surface area contributed by atoms with E-state index in [0.717, 1.165) is 5.69 Å². The third-order valence-corrected chi connectivity index (χ3v) is 5.75. The van der Waals surface area contributed by atoms with Gasteiger partial charge in [-0.25, -0.2) is 4.90 Å². The first kappa shape index (κ1) is 21.4. The Labute approximate surface area is 184 Å². The van der Waals surface area contributed by atoms with E-state index in [9.17, 15) is 24.5 Å². The lowest BCUT2D eigenvalue weighted by Gasteiger charge is -2.38. The summed E-state index contributed by atoms with van der Waals surface area (Å²) in [6, 6.07) is 12.5. The minimum absolute atomic E-state index is 0.0487. The number of hydrogen-bond donors (Lipinski definition) is 1. The molecule has 2 heterocycles. The SMILES string of the molecule is CC(=O)Nc1ccc(N2C(=O)C[C@H](N3CCN(c4ccc([N+](=O)[O-])cc4)CC3)C2=O)cc1. The second-order valence-electron chi connectivity index (χ2n) is 7.81. The Hall–Kier alpha value is -3.79. The summed E-state index contributed by atoms with van der Waals surface area (Å²) in [5.74, 6) is -0.685. The number of carbonyl (C=O) groups is 3. The van der Waals surface area contributed by atoms with Crippen LogP contribution < -0.4 is 15.1 Å². The molecule has 2 fully saturated rings. The number of nitrogens with zero attached hydrogens (tertiary/aromatic N) is 4. The van der Waals surface area contributed by atoms with E-state index in [4.69, 9.17) is 0 Å². The van der Waals surface area contributed by atoms with Crippen molar-refractivity contribution in [2.24, 2.45) is 0 Å². The Morgan fingerprint density at radius 1 is 0.969 bits per heavy atom. The van der Waals surface area contributed by atoms with Crippen molar-refractivity contribution < 1.29 is 19.3 Å². The molecule has 0 aliphatic carbocycles. The highest BCUT2D eigenvalue weighted by Crippen LogP contribution is 2.28. The van der Waals surface area contributed by atoms with Crippen molar-refractivity contribution in [3.05, 3.63) is 58.6 Å². The number of anilines is 3. The summed E-state index contributed by atoms with van der Waals surface area (Å²) >= 11 is 0. The lowest BCUT2D eigenvalue weighted by molar-refractivity contribution is -0.384. The van der Waals surface area contributed by atoms with Gasteiger partial charge in [-0.15, -0.1) is 0 Å². The maximum Gasteiger partial charge on any atom is 0.269 e. The number of carbonyl (C=O) groups excluding carboxylic acids is 3. The van der Waals surface area contributed by atoms with Crippen LogP contribution in [0, 0.1) is 10.1 Å². The van der Waals surface area contributed by atoms with E-state index in [1.54, 1.807) is 36.4 Å². The molecule has 2 aliphatic heterocycles. The molecular weight excluding hydrogens is 414 g/mol. The fourth-order valence-corrected chi connectivity index (χ4v) is 4.15. The average molecular weight is 437 g/mol. The Bertz CT molecular complexity index is 1050. The third-order valence-electron chi connectivity index (χ3n) is 5.75. The minimum atomic E-state index is -0.503. The van der Waals surface area contributed by atoms with Crippen LogP contribution in [-0.2, 0) is 14.4 Å². The molecule has 0 spiro atoms. The molecule has 2 saturated heterocycles.